The number of nitrogens with zero attached hydrogens (tertiary/aromatic N) is 1. The highest BCUT2D eigenvalue weighted by Gasteiger charge is 2.13. The van der Waals surface area contributed by atoms with E-state index >= 15 is 0 Å². The van der Waals surface area contributed by atoms with Crippen LogP contribution in [0.25, 0.3) is 11.3 Å². The molecular weight excluding hydrogens is 350 g/mol. The van der Waals surface area contributed by atoms with E-state index in [0.29, 0.717) is 6.54 Å². The van der Waals surface area contributed by atoms with Gasteiger partial charge in [0.2, 0.25) is 0 Å². The van der Waals surface area contributed by atoms with E-state index in [-0.39, 0.29) is 11.3 Å². The average molecular weight is 367 g/mol. The lowest BCUT2D eigenvalue weighted by Gasteiger charge is -2.05. The minimum absolute atomic E-state index is 0.0883. The molecule has 3 aromatic rings. The normalized spacial score (nSPS) is 12.5. The number of rotatable bonds is 5. The van der Waals surface area contributed by atoms with Crippen LogP contribution in [0.3, 0.4) is 0 Å². The highest BCUT2D eigenvalue weighted by Crippen LogP contribution is 2.29. The lowest BCUT2D eigenvalue weighted by Crippen LogP contribution is -2.11. The maximum absolute atomic E-state index is 11.4. The summed E-state index contributed by atoms with van der Waals surface area (Å²) in [6, 6.07) is 10.9. The van der Waals surface area contributed by atoms with Crippen molar-refractivity contribution < 1.29 is 14.6 Å². The standard InChI is InChI=1S/C19H17N3O3S/c20-18(24)14-8-12(2-3-16(14)23)15-10-26-19(22-15)21-9-11-1-4-17-13(7-11)5-6-25-17/h1-4,7-8,10,23H,5-6,9H2,(H2,20,24)(H,21,22). The minimum Gasteiger partial charge on any atom is -0.507 e. The predicted molar refractivity (Wildman–Crippen MR) is 101 cm³/mol. The van der Waals surface area contributed by atoms with E-state index in [1.807, 2.05) is 17.5 Å². The Morgan fingerprint density at radius 3 is 3.04 bits per heavy atom. The Balaban J connectivity index is 1.48. The smallest absolute Gasteiger partial charge is 0.252 e. The number of aromatic nitrogens is 1. The van der Waals surface area contributed by atoms with Crippen LogP contribution < -0.4 is 15.8 Å². The van der Waals surface area contributed by atoms with Crippen LogP contribution in [-0.2, 0) is 13.0 Å². The van der Waals surface area contributed by atoms with Gasteiger partial charge < -0.3 is 20.9 Å². The van der Waals surface area contributed by atoms with Crippen molar-refractivity contribution in [3.05, 3.63) is 58.5 Å². The summed E-state index contributed by atoms with van der Waals surface area (Å²) in [6.45, 7) is 1.42. The zero-order valence-electron chi connectivity index (χ0n) is 13.9. The summed E-state index contributed by atoms with van der Waals surface area (Å²) in [5, 5.41) is 15.7. The van der Waals surface area contributed by atoms with Crippen molar-refractivity contribution in [2.75, 3.05) is 11.9 Å². The number of hydrogen-bond acceptors (Lipinski definition) is 6. The molecule has 0 unspecified atom stereocenters. The number of primary amides is 1. The van der Waals surface area contributed by atoms with Crippen LogP contribution in [0.5, 0.6) is 11.5 Å². The Kier molecular flexibility index (Phi) is 4.22. The first-order valence-electron chi connectivity index (χ1n) is 8.17. The molecule has 4 N–H and O–H groups in total. The molecule has 0 atom stereocenters. The van der Waals surface area contributed by atoms with Gasteiger partial charge >= 0.3 is 0 Å². The number of benzene rings is 2. The molecule has 0 saturated carbocycles. The van der Waals surface area contributed by atoms with Gasteiger partial charge in [0.15, 0.2) is 5.13 Å². The first-order chi connectivity index (χ1) is 12.6. The molecule has 2 aromatic carbocycles. The van der Waals surface area contributed by atoms with Gasteiger partial charge in [-0.1, -0.05) is 12.1 Å². The first kappa shape index (κ1) is 16.4. The molecule has 1 aliphatic heterocycles. The summed E-state index contributed by atoms with van der Waals surface area (Å²) in [6.07, 6.45) is 0.952. The van der Waals surface area contributed by atoms with Gasteiger partial charge in [-0.25, -0.2) is 4.98 Å². The van der Waals surface area contributed by atoms with Crippen LogP contribution in [0, 0.1) is 0 Å². The van der Waals surface area contributed by atoms with Crippen LogP contribution in [0.2, 0.25) is 0 Å². The lowest BCUT2D eigenvalue weighted by molar-refractivity contribution is 0.0998. The summed E-state index contributed by atoms with van der Waals surface area (Å²) in [5.41, 5.74) is 9.24. The third kappa shape index (κ3) is 3.21. The molecular formula is C19H17N3O3S. The van der Waals surface area contributed by atoms with Crippen molar-refractivity contribution >= 4 is 22.4 Å². The van der Waals surface area contributed by atoms with Gasteiger partial charge in [0.25, 0.3) is 5.91 Å². The summed E-state index contributed by atoms with van der Waals surface area (Å²) in [7, 11) is 0. The fraction of sp³-hybridized carbons (Fsp3) is 0.158. The van der Waals surface area contributed by atoms with E-state index in [1.54, 1.807) is 12.1 Å². The molecule has 4 rings (SSSR count). The van der Waals surface area contributed by atoms with Crippen molar-refractivity contribution in [3.63, 3.8) is 0 Å². The zero-order chi connectivity index (χ0) is 18.1. The van der Waals surface area contributed by atoms with Crippen LogP contribution in [-0.4, -0.2) is 22.6 Å². The number of carbonyl (C=O) groups is 1. The molecule has 0 bridgehead atoms. The van der Waals surface area contributed by atoms with Gasteiger partial charge in [0.05, 0.1) is 17.9 Å². The van der Waals surface area contributed by atoms with Crippen LogP contribution in [0.4, 0.5) is 5.13 Å². The summed E-state index contributed by atoms with van der Waals surface area (Å²) >= 11 is 1.48. The van der Waals surface area contributed by atoms with Crippen molar-refractivity contribution in [1.82, 2.24) is 4.98 Å². The third-order valence-corrected chi connectivity index (χ3v) is 5.06. The maximum atomic E-state index is 11.4. The Morgan fingerprint density at radius 1 is 1.31 bits per heavy atom. The van der Waals surface area contributed by atoms with Crippen LogP contribution in [0.1, 0.15) is 21.5 Å². The molecule has 2 heterocycles. The highest BCUT2D eigenvalue weighted by molar-refractivity contribution is 7.14. The molecule has 1 amide bonds. The van der Waals surface area contributed by atoms with Gasteiger partial charge in [-0.2, -0.15) is 0 Å². The van der Waals surface area contributed by atoms with Gasteiger partial charge in [-0.15, -0.1) is 11.3 Å². The SMILES string of the molecule is NC(=O)c1cc(-c2csc(NCc3ccc4c(c3)CCO4)n2)ccc1O. The van der Waals surface area contributed by atoms with Crippen molar-refractivity contribution in [3.8, 4) is 22.8 Å². The maximum Gasteiger partial charge on any atom is 0.252 e. The number of thiazole rings is 1. The van der Waals surface area contributed by atoms with Crippen LogP contribution in [0.15, 0.2) is 41.8 Å². The number of ether oxygens (including phenoxy) is 1. The lowest BCUT2D eigenvalue weighted by atomic mass is 10.1. The second-order valence-electron chi connectivity index (χ2n) is 6.03. The topological polar surface area (TPSA) is 97.5 Å². The quantitative estimate of drug-likeness (QED) is 0.643. The van der Waals surface area contributed by atoms with Crippen molar-refractivity contribution in [2.45, 2.75) is 13.0 Å². The fourth-order valence-electron chi connectivity index (χ4n) is 2.91. The molecule has 0 saturated heterocycles. The Hall–Kier alpha value is -3.06. The second-order valence-corrected chi connectivity index (χ2v) is 6.89. The van der Waals surface area contributed by atoms with Crippen LogP contribution >= 0.6 is 11.3 Å². The summed E-state index contributed by atoms with van der Waals surface area (Å²) < 4.78 is 5.52. The molecule has 1 aromatic heterocycles. The summed E-state index contributed by atoms with van der Waals surface area (Å²) in [4.78, 5) is 15.9. The summed E-state index contributed by atoms with van der Waals surface area (Å²) in [5.74, 6) is 0.178. The van der Waals surface area contributed by atoms with E-state index in [4.69, 9.17) is 10.5 Å². The number of aromatic hydroxyl groups is 1. The fourth-order valence-corrected chi connectivity index (χ4v) is 3.63. The number of carbonyl (C=O) groups excluding carboxylic acids is 1. The van der Waals surface area contributed by atoms with Gasteiger partial charge in [0.1, 0.15) is 11.5 Å². The number of fused-ring (bicyclic) bond motifs is 1. The molecule has 7 heteroatoms. The molecule has 6 nitrogen and oxygen atoms in total. The van der Waals surface area contributed by atoms with Crippen molar-refractivity contribution in [2.24, 2.45) is 5.73 Å². The minimum atomic E-state index is -0.668. The second kappa shape index (κ2) is 6.68. The molecule has 0 fully saturated rings. The molecule has 26 heavy (non-hydrogen) atoms. The van der Waals surface area contributed by atoms with Crippen molar-refractivity contribution in [1.29, 1.82) is 0 Å². The molecule has 0 aliphatic carbocycles. The van der Waals surface area contributed by atoms with E-state index in [0.717, 1.165) is 35.2 Å². The Labute approximate surface area is 154 Å². The number of amides is 1. The zero-order valence-corrected chi connectivity index (χ0v) is 14.7. The monoisotopic (exact) mass is 367 g/mol. The van der Waals surface area contributed by atoms with E-state index < -0.39 is 5.91 Å². The first-order valence-corrected chi connectivity index (χ1v) is 9.05. The molecule has 132 valence electrons. The van der Waals surface area contributed by atoms with Gasteiger partial charge in [0, 0.05) is 23.9 Å². The number of phenols is 1. The molecule has 1 aliphatic rings. The average Bonchev–Trinajstić information content (AvgIpc) is 3.29. The number of hydrogen-bond donors (Lipinski definition) is 3. The largest absolute Gasteiger partial charge is 0.507 e. The number of nitrogens with one attached hydrogen (secondary N) is 1. The number of anilines is 1. The van der Waals surface area contributed by atoms with E-state index in [2.05, 4.69) is 16.4 Å². The Bertz CT molecular complexity index is 984. The predicted octanol–water partition coefficient (Wildman–Crippen LogP) is 3.16. The van der Waals surface area contributed by atoms with E-state index in [1.165, 1.54) is 28.5 Å². The third-order valence-electron chi connectivity index (χ3n) is 4.26. The molecule has 0 spiro atoms. The highest BCUT2D eigenvalue weighted by atomic mass is 32.1. The van der Waals surface area contributed by atoms with Gasteiger partial charge in [-0.3, -0.25) is 4.79 Å². The Morgan fingerprint density at radius 2 is 2.19 bits per heavy atom. The van der Waals surface area contributed by atoms with E-state index in [9.17, 15) is 9.90 Å². The number of nitrogens with two attached hydrogens (primary N) is 1. The molecule has 0 radical (unpaired) electrons. The van der Waals surface area contributed by atoms with Gasteiger partial charge in [-0.05, 0) is 35.4 Å².